The molecule has 0 atom stereocenters. The lowest BCUT2D eigenvalue weighted by Gasteiger charge is -2.08. The van der Waals surface area contributed by atoms with Crippen LogP contribution in [0.25, 0.3) is 11.0 Å². The molecule has 124 valence electrons. The van der Waals surface area contributed by atoms with E-state index in [2.05, 4.69) is 38.5 Å². The van der Waals surface area contributed by atoms with Crippen molar-refractivity contribution in [2.24, 2.45) is 0 Å². The summed E-state index contributed by atoms with van der Waals surface area (Å²) in [6, 6.07) is 11.4. The van der Waals surface area contributed by atoms with Gasteiger partial charge in [-0.2, -0.15) is 0 Å². The number of hydrogen-bond donors (Lipinski definition) is 1. The van der Waals surface area contributed by atoms with Gasteiger partial charge in [0.2, 0.25) is 0 Å². The van der Waals surface area contributed by atoms with Crippen molar-refractivity contribution >= 4 is 32.9 Å². The summed E-state index contributed by atoms with van der Waals surface area (Å²) in [4.78, 5) is 16.5. The number of hydrogen-bond acceptors (Lipinski definition) is 3. The highest BCUT2D eigenvalue weighted by Crippen LogP contribution is 2.19. The van der Waals surface area contributed by atoms with E-state index in [0.717, 1.165) is 34.2 Å². The highest BCUT2D eigenvalue weighted by atomic mass is 79.9. The summed E-state index contributed by atoms with van der Waals surface area (Å²) in [5.74, 6) is 1.13. The third-order valence-electron chi connectivity index (χ3n) is 3.67. The van der Waals surface area contributed by atoms with Gasteiger partial charge in [0, 0.05) is 17.4 Å². The zero-order valence-electron chi connectivity index (χ0n) is 13.2. The molecule has 0 fully saturated rings. The topological polar surface area (TPSA) is 60.1 Å². The van der Waals surface area contributed by atoms with Gasteiger partial charge < -0.3 is 14.3 Å². The number of furan rings is 1. The first kappa shape index (κ1) is 16.5. The summed E-state index contributed by atoms with van der Waals surface area (Å²) in [5.41, 5.74) is 2.06. The lowest BCUT2D eigenvalue weighted by atomic mass is 10.3. The average molecular weight is 388 g/mol. The number of fused-ring (bicyclic) bond motifs is 1. The summed E-state index contributed by atoms with van der Waals surface area (Å²) in [7, 11) is 0. The van der Waals surface area contributed by atoms with Crippen molar-refractivity contribution in [2.45, 2.75) is 19.4 Å². The van der Waals surface area contributed by atoms with E-state index in [0.29, 0.717) is 18.8 Å². The second-order valence-electron chi connectivity index (χ2n) is 5.46. The maximum atomic E-state index is 11.8. The fourth-order valence-electron chi connectivity index (χ4n) is 2.61. The van der Waals surface area contributed by atoms with Crippen LogP contribution < -0.4 is 5.32 Å². The van der Waals surface area contributed by atoms with Gasteiger partial charge in [0.05, 0.1) is 23.8 Å². The molecule has 0 bridgehead atoms. The molecule has 3 rings (SSSR count). The maximum absolute atomic E-state index is 11.8. The van der Waals surface area contributed by atoms with Crippen LogP contribution in [-0.4, -0.2) is 22.0 Å². The van der Waals surface area contributed by atoms with Crippen LogP contribution in [-0.2, 0) is 13.0 Å². The molecular weight excluding hydrogens is 370 g/mol. The SMILES string of the molecule is C=C(Br)Cn1c(CCCNC(=O)c2ccco2)nc2ccccc21. The number of halogens is 1. The molecule has 1 aromatic carbocycles. The van der Waals surface area contributed by atoms with Crippen LogP contribution in [0.4, 0.5) is 0 Å². The maximum Gasteiger partial charge on any atom is 0.286 e. The minimum Gasteiger partial charge on any atom is -0.459 e. The first-order chi connectivity index (χ1) is 11.6. The van der Waals surface area contributed by atoms with E-state index in [1.165, 1.54) is 6.26 Å². The van der Waals surface area contributed by atoms with E-state index in [-0.39, 0.29) is 5.91 Å². The molecule has 0 unspecified atom stereocenters. The van der Waals surface area contributed by atoms with Gasteiger partial charge in [-0.25, -0.2) is 4.98 Å². The summed E-state index contributed by atoms with van der Waals surface area (Å²) < 4.78 is 8.12. The minimum absolute atomic E-state index is 0.192. The van der Waals surface area contributed by atoms with Gasteiger partial charge in [-0.1, -0.05) is 34.6 Å². The molecule has 1 amide bonds. The predicted molar refractivity (Wildman–Crippen MR) is 97.2 cm³/mol. The quantitative estimate of drug-likeness (QED) is 0.625. The molecular formula is C18H18BrN3O2. The molecule has 0 aliphatic heterocycles. The van der Waals surface area contributed by atoms with E-state index in [1.54, 1.807) is 12.1 Å². The number of aryl methyl sites for hydroxylation is 1. The second kappa shape index (κ2) is 7.49. The molecule has 5 nitrogen and oxygen atoms in total. The number of carbonyl (C=O) groups excluding carboxylic acids is 1. The number of carbonyl (C=O) groups is 1. The number of nitrogens with zero attached hydrogens (tertiary/aromatic N) is 2. The highest BCUT2D eigenvalue weighted by Gasteiger charge is 2.11. The van der Waals surface area contributed by atoms with Crippen molar-refractivity contribution in [2.75, 3.05) is 6.54 Å². The number of rotatable bonds is 7. The van der Waals surface area contributed by atoms with Gasteiger partial charge in [-0.05, 0) is 30.7 Å². The number of imidazole rings is 1. The highest BCUT2D eigenvalue weighted by molar-refractivity contribution is 9.11. The van der Waals surface area contributed by atoms with E-state index in [4.69, 9.17) is 9.40 Å². The Kier molecular flexibility index (Phi) is 5.15. The second-order valence-corrected chi connectivity index (χ2v) is 6.58. The van der Waals surface area contributed by atoms with Gasteiger partial charge in [0.15, 0.2) is 5.76 Å². The summed E-state index contributed by atoms with van der Waals surface area (Å²) in [6.45, 7) is 5.17. The number of benzene rings is 1. The van der Waals surface area contributed by atoms with Crippen molar-refractivity contribution in [3.63, 3.8) is 0 Å². The number of para-hydroxylation sites is 2. The lowest BCUT2D eigenvalue weighted by Crippen LogP contribution is -2.24. The minimum atomic E-state index is -0.192. The van der Waals surface area contributed by atoms with Gasteiger partial charge in [-0.15, -0.1) is 0 Å². The van der Waals surface area contributed by atoms with Crippen LogP contribution in [0.3, 0.4) is 0 Å². The van der Waals surface area contributed by atoms with E-state index >= 15 is 0 Å². The third-order valence-corrected chi connectivity index (χ3v) is 3.92. The fraction of sp³-hybridized carbons (Fsp3) is 0.222. The molecule has 24 heavy (non-hydrogen) atoms. The molecule has 2 heterocycles. The van der Waals surface area contributed by atoms with Crippen molar-refractivity contribution in [1.29, 1.82) is 0 Å². The summed E-state index contributed by atoms with van der Waals surface area (Å²) in [5, 5.41) is 2.85. The number of allylic oxidation sites excluding steroid dienone is 1. The number of nitrogens with one attached hydrogen (secondary N) is 1. The molecule has 3 aromatic rings. The van der Waals surface area contributed by atoms with Gasteiger partial charge >= 0.3 is 0 Å². The normalized spacial score (nSPS) is 10.9. The van der Waals surface area contributed by atoms with Crippen molar-refractivity contribution in [3.8, 4) is 0 Å². The lowest BCUT2D eigenvalue weighted by molar-refractivity contribution is 0.0925. The Hall–Kier alpha value is -2.34. The largest absolute Gasteiger partial charge is 0.459 e. The zero-order chi connectivity index (χ0) is 16.9. The van der Waals surface area contributed by atoms with Crippen molar-refractivity contribution < 1.29 is 9.21 Å². The standard InChI is InChI=1S/C18H18BrN3O2/c1-13(19)12-22-15-7-3-2-6-14(15)21-17(22)9-4-10-20-18(23)16-8-5-11-24-16/h2-3,5-8,11H,1,4,9-10,12H2,(H,20,23). The van der Waals surface area contributed by atoms with Crippen LogP contribution in [0.5, 0.6) is 0 Å². The Bertz CT molecular complexity index is 852. The van der Waals surface area contributed by atoms with Crippen LogP contribution in [0, 0.1) is 0 Å². The molecule has 0 saturated carbocycles. The molecule has 0 saturated heterocycles. The Morgan fingerprint density at radius 2 is 2.12 bits per heavy atom. The Balaban J connectivity index is 1.64. The summed E-state index contributed by atoms with van der Waals surface area (Å²) >= 11 is 3.43. The van der Waals surface area contributed by atoms with Gasteiger partial charge in [-0.3, -0.25) is 4.79 Å². The molecule has 0 spiro atoms. The molecule has 6 heteroatoms. The first-order valence-electron chi connectivity index (χ1n) is 7.74. The predicted octanol–water partition coefficient (Wildman–Crippen LogP) is 3.90. The number of amides is 1. The average Bonchev–Trinajstić information content (AvgIpc) is 3.20. The van der Waals surface area contributed by atoms with Gasteiger partial charge in [0.25, 0.3) is 5.91 Å². The third kappa shape index (κ3) is 3.76. The summed E-state index contributed by atoms with van der Waals surface area (Å²) in [6.07, 6.45) is 3.06. The molecule has 0 aliphatic rings. The Morgan fingerprint density at radius 1 is 1.29 bits per heavy atom. The van der Waals surface area contributed by atoms with Crippen LogP contribution >= 0.6 is 15.9 Å². The zero-order valence-corrected chi connectivity index (χ0v) is 14.8. The number of aromatic nitrogens is 2. The molecule has 0 aliphatic carbocycles. The van der Waals surface area contributed by atoms with Crippen LogP contribution in [0.2, 0.25) is 0 Å². The Labute approximate surface area is 148 Å². The van der Waals surface area contributed by atoms with E-state index in [1.807, 2.05) is 18.2 Å². The smallest absolute Gasteiger partial charge is 0.286 e. The van der Waals surface area contributed by atoms with Crippen LogP contribution in [0.1, 0.15) is 22.8 Å². The van der Waals surface area contributed by atoms with Gasteiger partial charge in [0.1, 0.15) is 5.82 Å². The monoisotopic (exact) mass is 387 g/mol. The Morgan fingerprint density at radius 3 is 2.88 bits per heavy atom. The van der Waals surface area contributed by atoms with Crippen LogP contribution in [0.15, 0.2) is 58.1 Å². The van der Waals surface area contributed by atoms with Crippen molar-refractivity contribution in [1.82, 2.24) is 14.9 Å². The molecule has 2 aromatic heterocycles. The molecule has 1 N–H and O–H groups in total. The first-order valence-corrected chi connectivity index (χ1v) is 8.53. The van der Waals surface area contributed by atoms with E-state index in [9.17, 15) is 4.79 Å². The van der Waals surface area contributed by atoms with E-state index < -0.39 is 0 Å². The molecule has 0 radical (unpaired) electrons. The van der Waals surface area contributed by atoms with Crippen molar-refractivity contribution in [3.05, 3.63) is 65.3 Å². The fourth-order valence-corrected chi connectivity index (χ4v) is 2.86.